The van der Waals surface area contributed by atoms with Gasteiger partial charge in [0.05, 0.1) is 0 Å². The first-order valence-corrected chi connectivity index (χ1v) is 8.79. The van der Waals surface area contributed by atoms with E-state index in [2.05, 4.69) is 49.1 Å². The van der Waals surface area contributed by atoms with E-state index in [4.69, 9.17) is 0 Å². The van der Waals surface area contributed by atoms with Gasteiger partial charge in [-0.15, -0.1) is 24.0 Å². The molecule has 3 heterocycles. The van der Waals surface area contributed by atoms with Gasteiger partial charge in [0.15, 0.2) is 5.96 Å². The summed E-state index contributed by atoms with van der Waals surface area (Å²) in [5, 5.41) is 3.49. The zero-order valence-electron chi connectivity index (χ0n) is 15.4. The minimum atomic E-state index is 0. The van der Waals surface area contributed by atoms with Gasteiger partial charge in [0, 0.05) is 58.4 Å². The number of halogens is 1. The lowest BCUT2D eigenvalue weighted by atomic mass is 10.1. The maximum Gasteiger partial charge on any atom is 0.193 e. The summed E-state index contributed by atoms with van der Waals surface area (Å²) in [6.45, 7) is 6.80. The molecule has 1 fully saturated rings. The summed E-state index contributed by atoms with van der Waals surface area (Å²) in [6, 6.07) is 8.15. The third-order valence-electron chi connectivity index (χ3n) is 4.58. The Hall–Kier alpha value is -1.90. The summed E-state index contributed by atoms with van der Waals surface area (Å²) in [5.74, 6) is 2.03. The minimum absolute atomic E-state index is 0. The number of aryl methyl sites for hydroxylation is 1. The maximum absolute atomic E-state index is 4.45. The predicted octanol–water partition coefficient (Wildman–Crippen LogP) is 2.34. The quantitative estimate of drug-likeness (QED) is 0.426. The average Bonchev–Trinajstić information content (AvgIpc) is 2.67. The molecule has 1 aliphatic rings. The van der Waals surface area contributed by atoms with Gasteiger partial charge in [-0.05, 0) is 42.7 Å². The first kappa shape index (κ1) is 20.4. The molecule has 0 radical (unpaired) electrons. The molecule has 0 bridgehead atoms. The Labute approximate surface area is 172 Å². The summed E-state index contributed by atoms with van der Waals surface area (Å²) in [5.41, 5.74) is 2.57. The second-order valence-electron chi connectivity index (χ2n) is 6.19. The van der Waals surface area contributed by atoms with Crippen molar-refractivity contribution in [2.24, 2.45) is 4.99 Å². The zero-order chi connectivity index (χ0) is 17.5. The minimum Gasteiger partial charge on any atom is -0.356 e. The molecule has 0 unspecified atom stereocenters. The highest BCUT2D eigenvalue weighted by Crippen LogP contribution is 2.12. The number of rotatable bonds is 4. The monoisotopic (exact) mass is 466 g/mol. The van der Waals surface area contributed by atoms with E-state index >= 15 is 0 Å². The van der Waals surface area contributed by atoms with Crippen LogP contribution in [0.2, 0.25) is 0 Å². The topological polar surface area (TPSA) is 56.7 Å². The van der Waals surface area contributed by atoms with Crippen molar-refractivity contribution in [2.75, 3.05) is 44.7 Å². The Morgan fingerprint density at radius 3 is 2.62 bits per heavy atom. The predicted molar refractivity (Wildman–Crippen MR) is 117 cm³/mol. The van der Waals surface area contributed by atoms with Crippen LogP contribution in [0.4, 0.5) is 5.82 Å². The molecule has 0 spiro atoms. The van der Waals surface area contributed by atoms with E-state index in [1.807, 2.05) is 37.8 Å². The second-order valence-corrected chi connectivity index (χ2v) is 6.19. The van der Waals surface area contributed by atoms with Gasteiger partial charge in [0.1, 0.15) is 5.82 Å². The van der Waals surface area contributed by atoms with Crippen molar-refractivity contribution < 1.29 is 0 Å². The molecular formula is C19H27IN6. The Kier molecular flexibility index (Phi) is 8.08. The lowest BCUT2D eigenvalue weighted by Crippen LogP contribution is -2.53. The van der Waals surface area contributed by atoms with Crippen LogP contribution < -0.4 is 10.2 Å². The van der Waals surface area contributed by atoms with E-state index < -0.39 is 0 Å². The van der Waals surface area contributed by atoms with Crippen LogP contribution in [-0.4, -0.2) is 60.6 Å². The van der Waals surface area contributed by atoms with Crippen molar-refractivity contribution in [2.45, 2.75) is 13.3 Å². The summed E-state index contributed by atoms with van der Waals surface area (Å²) in [4.78, 5) is 17.7. The summed E-state index contributed by atoms with van der Waals surface area (Å²) < 4.78 is 0. The molecule has 0 amide bonds. The molecule has 26 heavy (non-hydrogen) atoms. The molecule has 3 rings (SSSR count). The van der Waals surface area contributed by atoms with Crippen LogP contribution in [0.25, 0.3) is 0 Å². The molecule has 0 aliphatic carbocycles. The van der Waals surface area contributed by atoms with E-state index in [9.17, 15) is 0 Å². The lowest BCUT2D eigenvalue weighted by Gasteiger charge is -2.37. The number of piperazine rings is 1. The van der Waals surface area contributed by atoms with E-state index in [-0.39, 0.29) is 24.0 Å². The van der Waals surface area contributed by atoms with Crippen LogP contribution in [0.15, 0.2) is 47.8 Å². The van der Waals surface area contributed by atoms with Gasteiger partial charge in [-0.2, -0.15) is 0 Å². The standard InChI is InChI=1S/C19H26N6.HI/c1-16-15-21-9-6-17(16)7-10-23-19(20-2)25-13-11-24(12-14-25)18-5-3-4-8-22-18;/h3-6,8-9,15H,7,10-14H2,1-2H3,(H,20,23);1H. The average molecular weight is 466 g/mol. The van der Waals surface area contributed by atoms with Gasteiger partial charge in [0.25, 0.3) is 0 Å². The van der Waals surface area contributed by atoms with Crippen molar-refractivity contribution in [1.29, 1.82) is 0 Å². The number of aliphatic imine (C=N–C) groups is 1. The molecule has 0 aromatic carbocycles. The van der Waals surface area contributed by atoms with E-state index in [0.29, 0.717) is 0 Å². The molecule has 1 N–H and O–H groups in total. The van der Waals surface area contributed by atoms with Crippen molar-refractivity contribution in [1.82, 2.24) is 20.2 Å². The molecule has 6 nitrogen and oxygen atoms in total. The molecule has 1 saturated heterocycles. The normalized spacial score (nSPS) is 14.8. The molecule has 2 aromatic heterocycles. The second kappa shape index (κ2) is 10.3. The van der Waals surface area contributed by atoms with Crippen molar-refractivity contribution in [3.8, 4) is 0 Å². The Morgan fingerprint density at radius 2 is 1.96 bits per heavy atom. The summed E-state index contributed by atoms with van der Waals surface area (Å²) >= 11 is 0. The van der Waals surface area contributed by atoms with Crippen LogP contribution in [0.3, 0.4) is 0 Å². The number of nitrogens with zero attached hydrogens (tertiary/aromatic N) is 5. The smallest absolute Gasteiger partial charge is 0.193 e. The summed E-state index contributed by atoms with van der Waals surface area (Å²) in [7, 11) is 1.85. The highest BCUT2D eigenvalue weighted by atomic mass is 127. The first-order chi connectivity index (χ1) is 12.3. The third kappa shape index (κ3) is 5.30. The number of aromatic nitrogens is 2. The van der Waals surface area contributed by atoms with Crippen LogP contribution >= 0.6 is 24.0 Å². The number of pyridine rings is 2. The number of hydrogen-bond donors (Lipinski definition) is 1. The van der Waals surface area contributed by atoms with Gasteiger partial charge in [-0.1, -0.05) is 6.07 Å². The van der Waals surface area contributed by atoms with Crippen molar-refractivity contribution in [3.05, 3.63) is 54.0 Å². The Morgan fingerprint density at radius 1 is 1.15 bits per heavy atom. The molecule has 1 aliphatic heterocycles. The van der Waals surface area contributed by atoms with Crippen molar-refractivity contribution >= 4 is 35.8 Å². The van der Waals surface area contributed by atoms with E-state index in [0.717, 1.165) is 50.9 Å². The molecule has 7 heteroatoms. The fraction of sp³-hybridized carbons (Fsp3) is 0.421. The van der Waals surface area contributed by atoms with E-state index in [1.54, 1.807) is 0 Å². The fourth-order valence-electron chi connectivity index (χ4n) is 3.11. The number of guanidine groups is 1. The third-order valence-corrected chi connectivity index (χ3v) is 4.58. The van der Waals surface area contributed by atoms with Gasteiger partial charge in [-0.25, -0.2) is 4.98 Å². The SMILES string of the molecule is CN=C(NCCc1ccncc1C)N1CCN(c2ccccn2)CC1.I. The van der Waals surface area contributed by atoms with Crippen LogP contribution in [0, 0.1) is 6.92 Å². The Balaban J connectivity index is 0.00000243. The highest BCUT2D eigenvalue weighted by Gasteiger charge is 2.20. The fourth-order valence-corrected chi connectivity index (χ4v) is 3.11. The molecule has 2 aromatic rings. The maximum atomic E-state index is 4.45. The van der Waals surface area contributed by atoms with Crippen molar-refractivity contribution in [3.63, 3.8) is 0 Å². The molecular weight excluding hydrogens is 439 g/mol. The number of anilines is 1. The van der Waals surface area contributed by atoms with Crippen LogP contribution in [-0.2, 0) is 6.42 Å². The molecule has 0 atom stereocenters. The molecule has 0 saturated carbocycles. The van der Waals surface area contributed by atoms with Gasteiger partial charge >= 0.3 is 0 Å². The molecule has 140 valence electrons. The number of hydrogen-bond acceptors (Lipinski definition) is 4. The van der Waals surface area contributed by atoms with E-state index in [1.165, 1.54) is 11.1 Å². The highest BCUT2D eigenvalue weighted by molar-refractivity contribution is 14.0. The zero-order valence-corrected chi connectivity index (χ0v) is 17.8. The van der Waals surface area contributed by atoms with Crippen LogP contribution in [0.5, 0.6) is 0 Å². The number of nitrogens with one attached hydrogen (secondary N) is 1. The van der Waals surface area contributed by atoms with Gasteiger partial charge in [0.2, 0.25) is 0 Å². The van der Waals surface area contributed by atoms with Gasteiger partial charge < -0.3 is 15.1 Å². The lowest BCUT2D eigenvalue weighted by molar-refractivity contribution is 0.372. The largest absolute Gasteiger partial charge is 0.356 e. The van der Waals surface area contributed by atoms with Gasteiger partial charge in [-0.3, -0.25) is 9.98 Å². The Bertz CT molecular complexity index is 698. The van der Waals surface area contributed by atoms with Crippen LogP contribution in [0.1, 0.15) is 11.1 Å². The first-order valence-electron chi connectivity index (χ1n) is 8.79. The summed E-state index contributed by atoms with van der Waals surface area (Å²) in [6.07, 6.45) is 6.60.